The van der Waals surface area contributed by atoms with Crippen LogP contribution in [0.25, 0.3) is 0 Å². The number of hydrogen-bond donors (Lipinski definition) is 3. The molecule has 0 amide bonds. The number of Topliss-reactive ketones (excluding diaryl/α,β-unsaturated/α-hetero) is 1. The van der Waals surface area contributed by atoms with Gasteiger partial charge in [0.2, 0.25) is 0 Å². The Labute approximate surface area is 353 Å². The second-order valence-electron chi connectivity index (χ2n) is 17.3. The van der Waals surface area contributed by atoms with Crippen LogP contribution in [0.4, 0.5) is 0 Å². The van der Waals surface area contributed by atoms with Crippen LogP contribution in [0, 0.1) is 11.8 Å². The van der Waals surface area contributed by atoms with Crippen molar-refractivity contribution in [1.82, 2.24) is 0 Å². The Hall–Kier alpha value is -1.85. The van der Waals surface area contributed by atoms with E-state index >= 15 is 0 Å². The number of quaternary nitrogens is 1. The van der Waals surface area contributed by atoms with Crippen LogP contribution in [-0.4, -0.2) is 97.2 Å². The predicted octanol–water partition coefficient (Wildman–Crippen LogP) is 10.3. The SMILES string of the molecule is CCCCCCCCCCCCCCCC/C=C/OC[C@H](COP(=O)(O)OCC[N+](C)(C)C)OC(=O)CCC/C=C\C[C@H]1[C@@H](O)CC(=O)[C@@H]1/C=C/[C@@H](O)CCCCC. The van der Waals surface area contributed by atoms with Gasteiger partial charge in [-0.1, -0.05) is 141 Å². The first-order valence-corrected chi connectivity index (χ1v) is 24.4. The van der Waals surface area contributed by atoms with Gasteiger partial charge in [-0.25, -0.2) is 4.57 Å². The zero-order chi connectivity index (χ0) is 42.9. The van der Waals surface area contributed by atoms with E-state index in [4.69, 9.17) is 18.5 Å². The first kappa shape index (κ1) is 54.2. The van der Waals surface area contributed by atoms with Gasteiger partial charge >= 0.3 is 13.8 Å². The lowest BCUT2D eigenvalue weighted by molar-refractivity contribution is -0.870. The van der Waals surface area contributed by atoms with Crippen molar-refractivity contribution in [3.63, 3.8) is 0 Å². The molecule has 0 aromatic rings. The number of carbonyl (C=O) groups is 2. The van der Waals surface area contributed by atoms with Crippen molar-refractivity contribution in [1.29, 1.82) is 0 Å². The van der Waals surface area contributed by atoms with E-state index in [2.05, 4.69) is 13.8 Å². The Balaban J connectivity index is 2.47. The number of aliphatic hydroxyl groups is 2. The maximum atomic E-state index is 12.8. The maximum absolute atomic E-state index is 12.8. The standard InChI is InChI=1S/C46H84NO10P/c1-6-8-10-11-12-13-14-15-16-17-18-19-20-21-24-28-35-54-38-41(39-56-58(52,53)55-36-34-47(3,4)5)57-46(51)31-27-23-22-26-30-42-43(45(50)37-44(42)49)33-32-40(48)29-25-9-7-2/h22,26,28,32-33,35,40-44,48-49H,6-21,23-25,27,29-31,34,36-39H2,1-5H3/p+1/b26-22-,33-32+,35-28+/t40-,41+,42+,43+,44-/m0/s1. The highest BCUT2D eigenvalue weighted by Gasteiger charge is 2.39. The average molecular weight is 843 g/mol. The van der Waals surface area contributed by atoms with Gasteiger partial charge in [-0.05, 0) is 44.6 Å². The van der Waals surface area contributed by atoms with E-state index in [0.29, 0.717) is 36.7 Å². The monoisotopic (exact) mass is 843 g/mol. The number of phosphoric acid groups is 1. The highest BCUT2D eigenvalue weighted by atomic mass is 31.2. The molecular weight excluding hydrogens is 757 g/mol. The largest absolute Gasteiger partial charge is 0.498 e. The number of nitrogens with zero attached hydrogens (tertiary/aromatic N) is 1. The van der Waals surface area contributed by atoms with Crippen LogP contribution in [0.1, 0.15) is 168 Å². The van der Waals surface area contributed by atoms with E-state index in [1.165, 1.54) is 83.5 Å². The lowest BCUT2D eigenvalue weighted by Crippen LogP contribution is -2.37. The zero-order valence-electron chi connectivity index (χ0n) is 37.2. The summed E-state index contributed by atoms with van der Waals surface area (Å²) in [5.74, 6) is -1.16. The van der Waals surface area contributed by atoms with Crippen molar-refractivity contribution in [3.05, 3.63) is 36.6 Å². The summed E-state index contributed by atoms with van der Waals surface area (Å²) in [7, 11) is 1.47. The van der Waals surface area contributed by atoms with Crippen molar-refractivity contribution in [2.24, 2.45) is 11.8 Å². The number of unbranched alkanes of at least 4 members (excludes halogenated alkanes) is 17. The summed E-state index contributed by atoms with van der Waals surface area (Å²) in [5, 5.41) is 20.8. The van der Waals surface area contributed by atoms with E-state index in [0.717, 1.165) is 32.1 Å². The minimum atomic E-state index is -4.37. The molecule has 0 aliphatic heterocycles. The molecular formula is C46H85NO10P+. The van der Waals surface area contributed by atoms with Gasteiger partial charge < -0.3 is 29.1 Å². The van der Waals surface area contributed by atoms with Crippen LogP contribution in [0.15, 0.2) is 36.6 Å². The van der Waals surface area contributed by atoms with Gasteiger partial charge in [0.25, 0.3) is 0 Å². The third kappa shape index (κ3) is 30.2. The van der Waals surface area contributed by atoms with E-state index < -0.39 is 38.0 Å². The van der Waals surface area contributed by atoms with Crippen molar-refractivity contribution < 1.29 is 52.3 Å². The molecule has 0 bridgehead atoms. The van der Waals surface area contributed by atoms with E-state index in [-0.39, 0.29) is 44.4 Å². The van der Waals surface area contributed by atoms with Gasteiger partial charge in [-0.3, -0.25) is 18.6 Å². The van der Waals surface area contributed by atoms with E-state index in [1.54, 1.807) is 18.4 Å². The molecule has 11 nitrogen and oxygen atoms in total. The molecule has 12 heteroatoms. The first-order valence-electron chi connectivity index (χ1n) is 22.9. The molecule has 1 aliphatic carbocycles. The summed E-state index contributed by atoms with van der Waals surface area (Å²) in [5.41, 5.74) is 0. The molecule has 3 N–H and O–H groups in total. The predicted molar refractivity (Wildman–Crippen MR) is 234 cm³/mol. The summed E-state index contributed by atoms with van der Waals surface area (Å²) < 4.78 is 34.7. The lowest BCUT2D eigenvalue weighted by Gasteiger charge is -2.24. The van der Waals surface area contributed by atoms with Crippen molar-refractivity contribution >= 4 is 19.6 Å². The Morgan fingerprint density at radius 1 is 0.810 bits per heavy atom. The van der Waals surface area contributed by atoms with Gasteiger partial charge in [-0.15, -0.1) is 0 Å². The molecule has 1 saturated carbocycles. The molecule has 1 fully saturated rings. The third-order valence-electron chi connectivity index (χ3n) is 10.6. The van der Waals surface area contributed by atoms with Gasteiger partial charge in [-0.2, -0.15) is 0 Å². The number of esters is 1. The summed E-state index contributed by atoms with van der Waals surface area (Å²) >= 11 is 0. The van der Waals surface area contributed by atoms with Crippen LogP contribution in [0.5, 0.6) is 0 Å². The van der Waals surface area contributed by atoms with Gasteiger partial charge in [0.05, 0.1) is 46.2 Å². The normalized spacial score (nSPS) is 19.7. The molecule has 1 rings (SSSR count). The van der Waals surface area contributed by atoms with Crippen molar-refractivity contribution in [3.8, 4) is 0 Å². The molecule has 0 spiro atoms. The van der Waals surface area contributed by atoms with Crippen LogP contribution >= 0.6 is 7.82 Å². The van der Waals surface area contributed by atoms with E-state index in [9.17, 15) is 29.3 Å². The molecule has 0 heterocycles. The average Bonchev–Trinajstić information content (AvgIpc) is 3.43. The van der Waals surface area contributed by atoms with Crippen LogP contribution in [0.2, 0.25) is 0 Å². The third-order valence-corrected chi connectivity index (χ3v) is 11.6. The zero-order valence-corrected chi connectivity index (χ0v) is 38.1. The van der Waals surface area contributed by atoms with Gasteiger partial charge in [0.1, 0.15) is 25.5 Å². The van der Waals surface area contributed by atoms with Crippen LogP contribution < -0.4 is 0 Å². The minimum absolute atomic E-state index is 0.0121. The Bertz CT molecular complexity index is 1190. The van der Waals surface area contributed by atoms with Gasteiger partial charge in [0.15, 0.2) is 6.10 Å². The Morgan fingerprint density at radius 3 is 2.02 bits per heavy atom. The number of likely N-dealkylation sites (N-methyl/N-ethyl adjacent to an activating group) is 1. The van der Waals surface area contributed by atoms with Gasteiger partial charge in [0, 0.05) is 24.7 Å². The number of hydrogen-bond acceptors (Lipinski definition) is 9. The molecule has 338 valence electrons. The number of phosphoric ester groups is 1. The number of ether oxygens (including phenoxy) is 2. The topological polar surface area (TPSA) is 149 Å². The Kier molecular flexibility index (Phi) is 31.6. The number of carbonyl (C=O) groups excluding carboxylic acids is 2. The van der Waals surface area contributed by atoms with Crippen LogP contribution in [0.3, 0.4) is 0 Å². The molecule has 0 aromatic carbocycles. The van der Waals surface area contributed by atoms with Crippen molar-refractivity contribution in [2.45, 2.75) is 186 Å². The van der Waals surface area contributed by atoms with E-state index in [1.807, 2.05) is 39.4 Å². The first-order chi connectivity index (χ1) is 27.8. The summed E-state index contributed by atoms with van der Waals surface area (Å²) in [4.78, 5) is 35.5. The summed E-state index contributed by atoms with van der Waals surface area (Å²) in [6.45, 7) is 4.52. The smallest absolute Gasteiger partial charge is 0.472 e. The molecule has 1 unspecified atom stereocenters. The van der Waals surface area contributed by atoms with Crippen LogP contribution in [-0.2, 0) is 32.7 Å². The Morgan fingerprint density at radius 2 is 1.40 bits per heavy atom. The lowest BCUT2D eigenvalue weighted by atomic mass is 9.90. The summed E-state index contributed by atoms with van der Waals surface area (Å²) in [6.07, 6.45) is 33.5. The minimum Gasteiger partial charge on any atom is -0.498 e. The maximum Gasteiger partial charge on any atom is 0.472 e. The number of aliphatic hydroxyl groups excluding tert-OH is 2. The number of rotatable bonds is 38. The molecule has 0 radical (unpaired) electrons. The number of allylic oxidation sites excluding steroid dienone is 4. The molecule has 58 heavy (non-hydrogen) atoms. The molecule has 1 aliphatic rings. The molecule has 0 aromatic heterocycles. The molecule has 0 saturated heterocycles. The molecule has 6 atom stereocenters. The second-order valence-corrected chi connectivity index (χ2v) is 18.7. The van der Waals surface area contributed by atoms with Crippen molar-refractivity contribution in [2.75, 3.05) is 47.5 Å². The fourth-order valence-electron chi connectivity index (χ4n) is 6.97. The highest BCUT2D eigenvalue weighted by Crippen LogP contribution is 2.43. The second kappa shape index (κ2) is 33.8. The summed E-state index contributed by atoms with van der Waals surface area (Å²) in [6, 6.07) is 0. The highest BCUT2D eigenvalue weighted by molar-refractivity contribution is 7.47. The fourth-order valence-corrected chi connectivity index (χ4v) is 7.71. The number of ketones is 1. The quantitative estimate of drug-likeness (QED) is 0.0137. The fraction of sp³-hybridized carbons (Fsp3) is 0.826.